The molecule has 0 aromatic heterocycles. The van der Waals surface area contributed by atoms with Crippen LogP contribution in [-0.2, 0) is 22.9 Å². The van der Waals surface area contributed by atoms with E-state index in [1.165, 1.54) is 23.1 Å². The maximum atomic E-state index is 13.3. The number of nitrogens with zero attached hydrogens (tertiary/aromatic N) is 1. The molecule has 1 aliphatic heterocycles. The number of rotatable bonds is 3. The first-order valence-electron chi connectivity index (χ1n) is 9.26. The summed E-state index contributed by atoms with van der Waals surface area (Å²) < 4.78 is 28.4. The van der Waals surface area contributed by atoms with Gasteiger partial charge in [-0.15, -0.1) is 0 Å². The van der Waals surface area contributed by atoms with E-state index in [0.717, 1.165) is 37.7 Å². The summed E-state index contributed by atoms with van der Waals surface area (Å²) in [5.41, 5.74) is 4.85. The SMILES string of the molecule is Cc1ccccc1C1CCCN1S(=O)(=O)c1ccc2c(c1)CCCC2. The maximum absolute atomic E-state index is 13.3. The summed E-state index contributed by atoms with van der Waals surface area (Å²) in [6, 6.07) is 13.9. The second-order valence-electron chi connectivity index (χ2n) is 7.27. The van der Waals surface area contributed by atoms with Crippen LogP contribution in [0.5, 0.6) is 0 Å². The Labute approximate surface area is 150 Å². The highest BCUT2D eigenvalue weighted by molar-refractivity contribution is 7.89. The van der Waals surface area contributed by atoms with Crippen molar-refractivity contribution >= 4 is 10.0 Å². The van der Waals surface area contributed by atoms with Crippen LogP contribution < -0.4 is 0 Å². The zero-order chi connectivity index (χ0) is 17.4. The van der Waals surface area contributed by atoms with Crippen molar-refractivity contribution < 1.29 is 8.42 Å². The van der Waals surface area contributed by atoms with Crippen molar-refractivity contribution in [3.8, 4) is 0 Å². The molecule has 0 saturated carbocycles. The maximum Gasteiger partial charge on any atom is 0.243 e. The first-order valence-corrected chi connectivity index (χ1v) is 10.7. The first kappa shape index (κ1) is 16.8. The zero-order valence-corrected chi connectivity index (χ0v) is 15.6. The van der Waals surface area contributed by atoms with Crippen molar-refractivity contribution in [3.05, 3.63) is 64.7 Å². The van der Waals surface area contributed by atoms with Crippen LogP contribution >= 0.6 is 0 Å². The lowest BCUT2D eigenvalue weighted by Crippen LogP contribution is -2.31. The topological polar surface area (TPSA) is 37.4 Å². The van der Waals surface area contributed by atoms with Crippen LogP contribution in [0.1, 0.15) is 54.0 Å². The van der Waals surface area contributed by atoms with E-state index in [2.05, 4.69) is 19.1 Å². The minimum Gasteiger partial charge on any atom is -0.207 e. The van der Waals surface area contributed by atoms with E-state index in [9.17, 15) is 8.42 Å². The standard InChI is InChI=1S/C21H25NO2S/c1-16-7-2-5-10-20(16)21-11-6-14-22(21)25(23,24)19-13-12-17-8-3-4-9-18(17)15-19/h2,5,7,10,12-13,15,21H,3-4,6,8-9,11,14H2,1H3. The van der Waals surface area contributed by atoms with E-state index < -0.39 is 10.0 Å². The molecule has 25 heavy (non-hydrogen) atoms. The van der Waals surface area contributed by atoms with Gasteiger partial charge in [0.1, 0.15) is 0 Å². The van der Waals surface area contributed by atoms with Gasteiger partial charge >= 0.3 is 0 Å². The number of sulfonamides is 1. The highest BCUT2D eigenvalue weighted by Gasteiger charge is 2.36. The Morgan fingerprint density at radius 3 is 2.52 bits per heavy atom. The molecule has 1 atom stereocenters. The van der Waals surface area contributed by atoms with E-state index in [1.54, 1.807) is 4.31 Å². The van der Waals surface area contributed by atoms with Crippen LogP contribution in [0.2, 0.25) is 0 Å². The second kappa shape index (κ2) is 6.58. The summed E-state index contributed by atoms with van der Waals surface area (Å²) in [5, 5.41) is 0. The largest absolute Gasteiger partial charge is 0.243 e. The van der Waals surface area contributed by atoms with E-state index in [-0.39, 0.29) is 6.04 Å². The number of hydrogen-bond acceptors (Lipinski definition) is 2. The van der Waals surface area contributed by atoms with Crippen molar-refractivity contribution in [1.82, 2.24) is 4.31 Å². The van der Waals surface area contributed by atoms with Crippen LogP contribution in [0.25, 0.3) is 0 Å². The molecular formula is C21H25NO2S. The Morgan fingerprint density at radius 2 is 1.72 bits per heavy atom. The molecule has 2 aliphatic rings. The predicted octanol–water partition coefficient (Wildman–Crippen LogP) is 4.40. The van der Waals surface area contributed by atoms with Gasteiger partial charge in [0.05, 0.1) is 10.9 Å². The van der Waals surface area contributed by atoms with Crippen molar-refractivity contribution in [1.29, 1.82) is 0 Å². The zero-order valence-electron chi connectivity index (χ0n) is 14.7. The summed E-state index contributed by atoms with van der Waals surface area (Å²) in [6.45, 7) is 2.68. The van der Waals surface area contributed by atoms with Gasteiger partial charge in [0.15, 0.2) is 0 Å². The van der Waals surface area contributed by atoms with Crippen LogP contribution in [0.3, 0.4) is 0 Å². The molecule has 1 unspecified atom stereocenters. The molecular weight excluding hydrogens is 330 g/mol. The molecule has 1 heterocycles. The van der Waals surface area contributed by atoms with Crippen molar-refractivity contribution in [2.75, 3.05) is 6.54 Å². The first-order chi connectivity index (χ1) is 12.1. The van der Waals surface area contributed by atoms with Gasteiger partial charge in [-0.25, -0.2) is 8.42 Å². The molecule has 1 fully saturated rings. The highest BCUT2D eigenvalue weighted by Crippen LogP contribution is 2.38. The fourth-order valence-corrected chi connectivity index (χ4v) is 6.03. The Kier molecular flexibility index (Phi) is 4.42. The predicted molar refractivity (Wildman–Crippen MR) is 100 cm³/mol. The van der Waals surface area contributed by atoms with E-state index in [4.69, 9.17) is 0 Å². The molecule has 2 aromatic carbocycles. The van der Waals surface area contributed by atoms with Gasteiger partial charge in [-0.3, -0.25) is 0 Å². The molecule has 4 heteroatoms. The van der Waals surface area contributed by atoms with Crippen molar-refractivity contribution in [2.45, 2.75) is 56.4 Å². The van der Waals surface area contributed by atoms with Crippen molar-refractivity contribution in [3.63, 3.8) is 0 Å². The Morgan fingerprint density at radius 1 is 0.960 bits per heavy atom. The molecule has 0 amide bonds. The minimum absolute atomic E-state index is 0.0396. The smallest absolute Gasteiger partial charge is 0.207 e. The fraction of sp³-hybridized carbons (Fsp3) is 0.429. The molecule has 2 aromatic rings. The normalized spacial score (nSPS) is 21.2. The minimum atomic E-state index is -3.45. The third-order valence-electron chi connectivity index (χ3n) is 5.68. The summed E-state index contributed by atoms with van der Waals surface area (Å²) >= 11 is 0. The summed E-state index contributed by atoms with van der Waals surface area (Å²) in [7, 11) is -3.45. The van der Waals surface area contributed by atoms with Crippen LogP contribution in [-0.4, -0.2) is 19.3 Å². The average Bonchev–Trinajstić information content (AvgIpc) is 3.12. The van der Waals surface area contributed by atoms with E-state index in [1.807, 2.05) is 30.3 Å². The van der Waals surface area contributed by atoms with Gasteiger partial charge in [0, 0.05) is 6.54 Å². The number of hydrogen-bond donors (Lipinski definition) is 0. The third kappa shape index (κ3) is 3.02. The van der Waals surface area contributed by atoms with Gasteiger partial charge in [0.25, 0.3) is 0 Å². The molecule has 1 aliphatic carbocycles. The molecule has 3 nitrogen and oxygen atoms in total. The fourth-order valence-electron chi connectivity index (χ4n) is 4.30. The Balaban J connectivity index is 1.71. The molecule has 1 saturated heterocycles. The van der Waals surface area contributed by atoms with Crippen LogP contribution in [0.4, 0.5) is 0 Å². The molecule has 0 N–H and O–H groups in total. The lowest BCUT2D eigenvalue weighted by molar-refractivity contribution is 0.395. The number of benzene rings is 2. The summed E-state index contributed by atoms with van der Waals surface area (Å²) in [6.07, 6.45) is 6.26. The number of fused-ring (bicyclic) bond motifs is 1. The number of aryl methyl sites for hydroxylation is 3. The quantitative estimate of drug-likeness (QED) is 0.818. The molecule has 0 spiro atoms. The second-order valence-corrected chi connectivity index (χ2v) is 9.16. The van der Waals surface area contributed by atoms with Gasteiger partial charge in [-0.2, -0.15) is 4.31 Å². The van der Waals surface area contributed by atoms with E-state index >= 15 is 0 Å². The monoisotopic (exact) mass is 355 g/mol. The average molecular weight is 356 g/mol. The summed E-state index contributed by atoms with van der Waals surface area (Å²) in [5.74, 6) is 0. The Hall–Kier alpha value is -1.65. The van der Waals surface area contributed by atoms with Gasteiger partial charge in [-0.1, -0.05) is 30.3 Å². The van der Waals surface area contributed by atoms with Crippen LogP contribution in [0, 0.1) is 6.92 Å². The molecule has 0 bridgehead atoms. The molecule has 0 radical (unpaired) electrons. The lowest BCUT2D eigenvalue weighted by Gasteiger charge is -2.26. The lowest BCUT2D eigenvalue weighted by atomic mass is 9.92. The van der Waals surface area contributed by atoms with Crippen molar-refractivity contribution in [2.24, 2.45) is 0 Å². The third-order valence-corrected chi connectivity index (χ3v) is 7.58. The van der Waals surface area contributed by atoms with E-state index in [0.29, 0.717) is 11.4 Å². The van der Waals surface area contributed by atoms with Gasteiger partial charge < -0.3 is 0 Å². The van der Waals surface area contributed by atoms with Gasteiger partial charge in [-0.05, 0) is 79.8 Å². The summed E-state index contributed by atoms with van der Waals surface area (Å²) in [4.78, 5) is 0.466. The highest BCUT2D eigenvalue weighted by atomic mass is 32.2. The molecule has 4 rings (SSSR count). The van der Waals surface area contributed by atoms with Crippen LogP contribution in [0.15, 0.2) is 47.4 Å². The molecule has 132 valence electrons. The Bertz CT molecular complexity index is 889. The van der Waals surface area contributed by atoms with Gasteiger partial charge in [0.2, 0.25) is 10.0 Å².